The van der Waals surface area contributed by atoms with E-state index < -0.39 is 5.97 Å². The number of hydrogen-bond donors (Lipinski definition) is 2. The molecule has 0 amide bonds. The van der Waals surface area contributed by atoms with E-state index in [0.717, 1.165) is 32.5 Å². The Balaban J connectivity index is 1.78. The van der Waals surface area contributed by atoms with Gasteiger partial charge < -0.3 is 15.3 Å². The molecule has 2 N–H and O–H groups in total. The number of aliphatic carboxylic acids is 1. The first-order chi connectivity index (χ1) is 9.47. The SMILES string of the molecule is Cc1ccc(CCN2CCC(C)(NCC(=O)O)C2)cc1. The van der Waals surface area contributed by atoms with E-state index in [2.05, 4.69) is 48.3 Å². The highest BCUT2D eigenvalue weighted by Crippen LogP contribution is 2.20. The topological polar surface area (TPSA) is 52.6 Å². The molecule has 1 aliphatic rings. The summed E-state index contributed by atoms with van der Waals surface area (Å²) < 4.78 is 0. The molecule has 0 spiro atoms. The third-order valence-corrected chi connectivity index (χ3v) is 4.06. The summed E-state index contributed by atoms with van der Waals surface area (Å²) in [4.78, 5) is 13.1. The molecule has 1 aromatic carbocycles. The van der Waals surface area contributed by atoms with E-state index >= 15 is 0 Å². The van der Waals surface area contributed by atoms with E-state index in [4.69, 9.17) is 5.11 Å². The van der Waals surface area contributed by atoms with Crippen molar-refractivity contribution in [3.63, 3.8) is 0 Å². The second-order valence-corrected chi connectivity index (χ2v) is 6.07. The van der Waals surface area contributed by atoms with Gasteiger partial charge in [0.05, 0.1) is 6.54 Å². The molecular weight excluding hydrogens is 252 g/mol. The molecule has 1 unspecified atom stereocenters. The minimum atomic E-state index is -0.788. The van der Waals surface area contributed by atoms with E-state index in [9.17, 15) is 4.79 Å². The predicted molar refractivity (Wildman–Crippen MR) is 80.0 cm³/mol. The Morgan fingerprint density at radius 1 is 1.40 bits per heavy atom. The average Bonchev–Trinajstić information content (AvgIpc) is 2.79. The standard InChI is InChI=1S/C16H24N2O2/c1-13-3-5-14(6-4-13)7-9-18-10-8-16(2,12-18)17-11-15(19)20/h3-6,17H,7-12H2,1-2H3,(H,19,20). The molecule has 4 heteroatoms. The van der Waals surface area contributed by atoms with Gasteiger partial charge >= 0.3 is 5.97 Å². The minimum absolute atomic E-state index is 0.0440. The zero-order valence-electron chi connectivity index (χ0n) is 12.4. The Morgan fingerprint density at radius 2 is 2.10 bits per heavy atom. The van der Waals surface area contributed by atoms with Crippen molar-refractivity contribution < 1.29 is 9.90 Å². The lowest BCUT2D eigenvalue weighted by Gasteiger charge is -2.25. The summed E-state index contributed by atoms with van der Waals surface area (Å²) in [6, 6.07) is 8.68. The van der Waals surface area contributed by atoms with Crippen LogP contribution in [0.1, 0.15) is 24.5 Å². The van der Waals surface area contributed by atoms with Crippen molar-refractivity contribution in [3.05, 3.63) is 35.4 Å². The Hall–Kier alpha value is -1.39. The number of carbonyl (C=O) groups is 1. The normalized spacial score (nSPS) is 23.1. The van der Waals surface area contributed by atoms with Gasteiger partial charge in [-0.25, -0.2) is 0 Å². The third-order valence-electron chi connectivity index (χ3n) is 4.06. The predicted octanol–water partition coefficient (Wildman–Crippen LogP) is 1.68. The second kappa shape index (κ2) is 6.37. The largest absolute Gasteiger partial charge is 0.480 e. The quantitative estimate of drug-likeness (QED) is 0.830. The maximum absolute atomic E-state index is 10.6. The van der Waals surface area contributed by atoms with Gasteiger partial charge in [0.1, 0.15) is 0 Å². The first-order valence-corrected chi connectivity index (χ1v) is 7.22. The van der Waals surface area contributed by atoms with Crippen molar-refractivity contribution in [2.24, 2.45) is 0 Å². The molecular formula is C16H24N2O2. The molecule has 0 radical (unpaired) electrons. The van der Waals surface area contributed by atoms with Crippen LogP contribution in [0.3, 0.4) is 0 Å². The van der Waals surface area contributed by atoms with Crippen molar-refractivity contribution in [2.45, 2.75) is 32.2 Å². The third kappa shape index (κ3) is 4.32. The number of likely N-dealkylation sites (tertiary alicyclic amines) is 1. The summed E-state index contributed by atoms with van der Waals surface area (Å²) in [7, 11) is 0. The van der Waals surface area contributed by atoms with Gasteiger partial charge in [-0.2, -0.15) is 0 Å². The molecule has 1 aliphatic heterocycles. The lowest BCUT2D eigenvalue weighted by molar-refractivity contribution is -0.136. The number of carboxylic acids is 1. The number of hydrogen-bond acceptors (Lipinski definition) is 3. The van der Waals surface area contributed by atoms with Gasteiger partial charge in [0, 0.05) is 25.2 Å². The van der Waals surface area contributed by atoms with Gasteiger partial charge in [-0.1, -0.05) is 29.8 Å². The highest BCUT2D eigenvalue weighted by atomic mass is 16.4. The van der Waals surface area contributed by atoms with Crippen LogP contribution < -0.4 is 5.32 Å². The molecule has 20 heavy (non-hydrogen) atoms. The lowest BCUT2D eigenvalue weighted by Crippen LogP contribution is -2.47. The van der Waals surface area contributed by atoms with Crippen LogP contribution in [0.5, 0.6) is 0 Å². The number of nitrogens with one attached hydrogen (secondary N) is 1. The zero-order valence-corrected chi connectivity index (χ0v) is 12.4. The van der Waals surface area contributed by atoms with Gasteiger partial charge in [-0.05, 0) is 32.3 Å². The smallest absolute Gasteiger partial charge is 0.317 e. The first-order valence-electron chi connectivity index (χ1n) is 7.22. The summed E-state index contributed by atoms with van der Waals surface area (Å²) in [5.74, 6) is -0.788. The van der Waals surface area contributed by atoms with Crippen molar-refractivity contribution in [1.29, 1.82) is 0 Å². The van der Waals surface area contributed by atoms with Crippen molar-refractivity contribution >= 4 is 5.97 Å². The van der Waals surface area contributed by atoms with E-state index in [1.807, 2.05) is 0 Å². The monoisotopic (exact) mass is 276 g/mol. The van der Waals surface area contributed by atoms with Crippen molar-refractivity contribution in [2.75, 3.05) is 26.2 Å². The first kappa shape index (κ1) is 15.0. The fraction of sp³-hybridized carbons (Fsp3) is 0.562. The molecule has 0 aromatic heterocycles. The van der Waals surface area contributed by atoms with Crippen LogP contribution in [-0.4, -0.2) is 47.7 Å². The van der Waals surface area contributed by atoms with Gasteiger partial charge in [0.15, 0.2) is 0 Å². The molecule has 0 saturated carbocycles. The maximum Gasteiger partial charge on any atom is 0.317 e. The summed E-state index contributed by atoms with van der Waals surface area (Å²) in [6.45, 7) is 7.25. The van der Waals surface area contributed by atoms with Crippen LogP contribution in [0.4, 0.5) is 0 Å². The molecule has 4 nitrogen and oxygen atoms in total. The van der Waals surface area contributed by atoms with Crippen LogP contribution >= 0.6 is 0 Å². The number of nitrogens with zero attached hydrogens (tertiary/aromatic N) is 1. The highest BCUT2D eigenvalue weighted by Gasteiger charge is 2.33. The van der Waals surface area contributed by atoms with Gasteiger partial charge in [-0.15, -0.1) is 0 Å². The van der Waals surface area contributed by atoms with Crippen LogP contribution in [0.2, 0.25) is 0 Å². The van der Waals surface area contributed by atoms with E-state index in [-0.39, 0.29) is 12.1 Å². The second-order valence-electron chi connectivity index (χ2n) is 6.07. The van der Waals surface area contributed by atoms with E-state index in [1.54, 1.807) is 0 Å². The Labute approximate surface area is 120 Å². The number of aryl methyl sites for hydroxylation is 1. The number of rotatable bonds is 6. The fourth-order valence-corrected chi connectivity index (χ4v) is 2.72. The van der Waals surface area contributed by atoms with Crippen LogP contribution in [0, 0.1) is 6.92 Å². The fourth-order valence-electron chi connectivity index (χ4n) is 2.72. The number of carboxylic acid groups (broad SMARTS) is 1. The minimum Gasteiger partial charge on any atom is -0.480 e. The molecule has 2 rings (SSSR count). The van der Waals surface area contributed by atoms with E-state index in [1.165, 1.54) is 11.1 Å². The van der Waals surface area contributed by atoms with Crippen LogP contribution in [0.15, 0.2) is 24.3 Å². The molecule has 110 valence electrons. The molecule has 0 aliphatic carbocycles. The molecule has 1 fully saturated rings. The Morgan fingerprint density at radius 3 is 2.75 bits per heavy atom. The molecule has 1 saturated heterocycles. The highest BCUT2D eigenvalue weighted by molar-refractivity contribution is 5.69. The van der Waals surface area contributed by atoms with Gasteiger partial charge in [0.25, 0.3) is 0 Å². The lowest BCUT2D eigenvalue weighted by atomic mass is 10.0. The molecule has 1 aromatic rings. The average molecular weight is 276 g/mol. The summed E-state index contributed by atoms with van der Waals surface area (Å²) >= 11 is 0. The van der Waals surface area contributed by atoms with Crippen LogP contribution in [-0.2, 0) is 11.2 Å². The van der Waals surface area contributed by atoms with Gasteiger partial charge in [0.2, 0.25) is 0 Å². The maximum atomic E-state index is 10.6. The van der Waals surface area contributed by atoms with E-state index in [0.29, 0.717) is 0 Å². The molecule has 1 atom stereocenters. The van der Waals surface area contributed by atoms with Crippen molar-refractivity contribution in [1.82, 2.24) is 10.2 Å². The number of benzene rings is 1. The molecule has 1 heterocycles. The van der Waals surface area contributed by atoms with Crippen molar-refractivity contribution in [3.8, 4) is 0 Å². The Bertz CT molecular complexity index is 458. The summed E-state index contributed by atoms with van der Waals surface area (Å²) in [5.41, 5.74) is 2.59. The summed E-state index contributed by atoms with van der Waals surface area (Å²) in [5, 5.41) is 11.9. The summed E-state index contributed by atoms with van der Waals surface area (Å²) in [6.07, 6.45) is 2.06. The zero-order chi connectivity index (χ0) is 14.6. The molecule has 0 bridgehead atoms. The van der Waals surface area contributed by atoms with Gasteiger partial charge in [-0.3, -0.25) is 4.79 Å². The Kier molecular flexibility index (Phi) is 4.78. The van der Waals surface area contributed by atoms with Crippen LogP contribution in [0.25, 0.3) is 0 Å².